The van der Waals surface area contributed by atoms with Gasteiger partial charge in [-0.15, -0.1) is 0 Å². The molecule has 0 spiro atoms. The third kappa shape index (κ3) is 3.64. The van der Waals surface area contributed by atoms with Gasteiger partial charge in [0.15, 0.2) is 0 Å². The molecule has 2 atom stereocenters. The monoisotopic (exact) mass is 291 g/mol. The zero-order valence-corrected chi connectivity index (χ0v) is 12.0. The van der Waals surface area contributed by atoms with E-state index in [-0.39, 0.29) is 11.3 Å². The van der Waals surface area contributed by atoms with E-state index >= 15 is 0 Å². The molecule has 0 saturated carbocycles. The number of methoxy groups -OCH3 is 1. The summed E-state index contributed by atoms with van der Waals surface area (Å²) in [5.74, 6) is 0.0959. The summed E-state index contributed by atoms with van der Waals surface area (Å²) in [6.07, 6.45) is -5.66. The van der Waals surface area contributed by atoms with E-state index in [9.17, 15) is 18.3 Å². The van der Waals surface area contributed by atoms with Crippen LogP contribution in [0, 0.1) is 5.41 Å². The molecule has 6 heteroatoms. The van der Waals surface area contributed by atoms with E-state index in [0.717, 1.165) is 6.07 Å². The van der Waals surface area contributed by atoms with Gasteiger partial charge >= 0.3 is 6.18 Å². The van der Waals surface area contributed by atoms with E-state index in [1.54, 1.807) is 20.8 Å². The summed E-state index contributed by atoms with van der Waals surface area (Å²) in [5, 5.41) is 10.1. The average Bonchev–Trinajstić information content (AvgIpc) is 2.34. The van der Waals surface area contributed by atoms with E-state index in [0.29, 0.717) is 0 Å². The van der Waals surface area contributed by atoms with E-state index in [2.05, 4.69) is 0 Å². The van der Waals surface area contributed by atoms with Crippen LogP contribution in [0.15, 0.2) is 18.2 Å². The lowest BCUT2D eigenvalue weighted by molar-refractivity contribution is -0.138. The van der Waals surface area contributed by atoms with Crippen LogP contribution >= 0.6 is 0 Å². The molecule has 0 radical (unpaired) electrons. The molecule has 0 amide bonds. The molecule has 114 valence electrons. The van der Waals surface area contributed by atoms with Gasteiger partial charge in [-0.2, -0.15) is 13.2 Å². The maximum Gasteiger partial charge on any atom is 0.416 e. The lowest BCUT2D eigenvalue weighted by atomic mass is 9.81. The van der Waals surface area contributed by atoms with Gasteiger partial charge in [-0.1, -0.05) is 26.8 Å². The van der Waals surface area contributed by atoms with Crippen LogP contribution in [0.5, 0.6) is 5.75 Å². The molecule has 0 aliphatic heterocycles. The van der Waals surface area contributed by atoms with Crippen molar-refractivity contribution in [3.8, 4) is 5.75 Å². The normalized spacial score (nSPS) is 15.8. The molecule has 0 unspecified atom stereocenters. The first-order valence-corrected chi connectivity index (χ1v) is 6.17. The van der Waals surface area contributed by atoms with Crippen LogP contribution in [0.2, 0.25) is 0 Å². The number of alkyl halides is 3. The summed E-state index contributed by atoms with van der Waals surface area (Å²) in [6, 6.07) is 2.42. The molecule has 20 heavy (non-hydrogen) atoms. The van der Waals surface area contributed by atoms with Crippen molar-refractivity contribution in [3.05, 3.63) is 29.3 Å². The van der Waals surface area contributed by atoms with Crippen LogP contribution in [0.4, 0.5) is 13.2 Å². The van der Waals surface area contributed by atoms with Crippen LogP contribution in [-0.4, -0.2) is 18.3 Å². The van der Waals surface area contributed by atoms with E-state index in [4.69, 9.17) is 10.5 Å². The largest absolute Gasteiger partial charge is 0.497 e. The Kier molecular flexibility index (Phi) is 4.71. The molecule has 0 heterocycles. The first-order chi connectivity index (χ1) is 8.98. The molecule has 0 fully saturated rings. The van der Waals surface area contributed by atoms with E-state index in [1.807, 2.05) is 0 Å². The zero-order valence-electron chi connectivity index (χ0n) is 12.0. The van der Waals surface area contributed by atoms with Gasteiger partial charge in [-0.3, -0.25) is 0 Å². The number of aliphatic hydroxyl groups is 1. The first-order valence-electron chi connectivity index (χ1n) is 6.17. The highest BCUT2D eigenvalue weighted by molar-refractivity contribution is 5.39. The molecule has 1 aromatic rings. The topological polar surface area (TPSA) is 55.5 Å². The Morgan fingerprint density at radius 1 is 1.20 bits per heavy atom. The summed E-state index contributed by atoms with van der Waals surface area (Å²) in [7, 11) is 1.29. The van der Waals surface area contributed by atoms with Gasteiger partial charge in [0.25, 0.3) is 0 Å². The second-order valence-corrected chi connectivity index (χ2v) is 5.79. The van der Waals surface area contributed by atoms with Gasteiger partial charge in [-0.05, 0) is 23.1 Å². The molecule has 0 aromatic heterocycles. The van der Waals surface area contributed by atoms with Crippen molar-refractivity contribution >= 4 is 0 Å². The van der Waals surface area contributed by atoms with Crippen molar-refractivity contribution in [1.82, 2.24) is 0 Å². The highest BCUT2D eigenvalue weighted by atomic mass is 19.4. The number of hydrogen-bond donors (Lipinski definition) is 2. The van der Waals surface area contributed by atoms with Gasteiger partial charge < -0.3 is 15.6 Å². The third-order valence-corrected chi connectivity index (χ3v) is 3.15. The molecule has 0 bridgehead atoms. The SMILES string of the molecule is COc1ccc([C@@H](N)[C@@H](O)C(C)(C)C)c(C(F)(F)F)c1. The van der Waals surface area contributed by atoms with Crippen molar-refractivity contribution in [2.45, 2.75) is 39.1 Å². The maximum atomic E-state index is 13.1. The second-order valence-electron chi connectivity index (χ2n) is 5.79. The highest BCUT2D eigenvalue weighted by Crippen LogP contribution is 2.39. The Hall–Kier alpha value is -1.27. The lowest BCUT2D eigenvalue weighted by Gasteiger charge is -2.32. The minimum Gasteiger partial charge on any atom is -0.497 e. The zero-order chi connectivity index (χ0) is 15.7. The molecule has 0 aliphatic rings. The van der Waals surface area contributed by atoms with Gasteiger partial charge in [0, 0.05) is 0 Å². The Balaban J connectivity index is 3.31. The van der Waals surface area contributed by atoms with Gasteiger partial charge in [0.2, 0.25) is 0 Å². The Labute approximate surface area is 116 Å². The minimum atomic E-state index is -4.56. The number of hydrogen-bond acceptors (Lipinski definition) is 3. The van der Waals surface area contributed by atoms with Crippen molar-refractivity contribution in [3.63, 3.8) is 0 Å². The molecule has 1 rings (SSSR count). The maximum absolute atomic E-state index is 13.1. The molecule has 0 saturated heterocycles. The average molecular weight is 291 g/mol. The number of halogens is 3. The summed E-state index contributed by atoms with van der Waals surface area (Å²) >= 11 is 0. The van der Waals surface area contributed by atoms with Gasteiger partial charge in [0.1, 0.15) is 5.75 Å². The second kappa shape index (κ2) is 5.61. The van der Waals surface area contributed by atoms with Crippen molar-refractivity contribution in [2.75, 3.05) is 7.11 Å². The number of aliphatic hydroxyl groups excluding tert-OH is 1. The number of ether oxygens (including phenoxy) is 1. The molecule has 0 aliphatic carbocycles. The Morgan fingerprint density at radius 3 is 2.15 bits per heavy atom. The smallest absolute Gasteiger partial charge is 0.416 e. The summed E-state index contributed by atoms with van der Waals surface area (Å²) in [5.41, 5.74) is 4.18. The first kappa shape index (κ1) is 16.8. The third-order valence-electron chi connectivity index (χ3n) is 3.15. The number of rotatable bonds is 3. The van der Waals surface area contributed by atoms with Crippen LogP contribution in [0.3, 0.4) is 0 Å². The van der Waals surface area contributed by atoms with E-state index < -0.39 is 29.3 Å². The molecular weight excluding hydrogens is 271 g/mol. The van der Waals surface area contributed by atoms with Gasteiger partial charge in [-0.25, -0.2) is 0 Å². The van der Waals surface area contributed by atoms with Crippen LogP contribution in [-0.2, 0) is 6.18 Å². The van der Waals surface area contributed by atoms with E-state index in [1.165, 1.54) is 19.2 Å². The number of nitrogens with two attached hydrogens (primary N) is 1. The Morgan fingerprint density at radius 2 is 1.75 bits per heavy atom. The fourth-order valence-electron chi connectivity index (χ4n) is 1.91. The quantitative estimate of drug-likeness (QED) is 0.899. The van der Waals surface area contributed by atoms with Crippen LogP contribution in [0.25, 0.3) is 0 Å². The Bertz CT molecular complexity index is 466. The molecule has 1 aromatic carbocycles. The predicted molar refractivity (Wildman–Crippen MR) is 70.4 cm³/mol. The summed E-state index contributed by atoms with van der Waals surface area (Å²) in [6.45, 7) is 5.15. The lowest BCUT2D eigenvalue weighted by Crippen LogP contribution is -2.38. The van der Waals surface area contributed by atoms with Crippen molar-refractivity contribution in [2.24, 2.45) is 11.1 Å². The number of benzene rings is 1. The standard InChI is InChI=1S/C14H20F3NO2/c1-13(2,3)12(19)11(18)9-6-5-8(20-4)7-10(9)14(15,16)17/h5-7,11-12,19H,18H2,1-4H3/t11-,12-/m1/s1. The predicted octanol–water partition coefficient (Wildman–Crippen LogP) is 3.12. The molecule has 3 N–H and O–H groups in total. The fourth-order valence-corrected chi connectivity index (χ4v) is 1.91. The highest BCUT2D eigenvalue weighted by Gasteiger charge is 2.38. The summed E-state index contributed by atoms with van der Waals surface area (Å²) < 4.78 is 44.1. The summed E-state index contributed by atoms with van der Waals surface area (Å²) in [4.78, 5) is 0. The van der Waals surface area contributed by atoms with Gasteiger partial charge in [0.05, 0.1) is 24.8 Å². The molecular formula is C14H20F3NO2. The fraction of sp³-hybridized carbons (Fsp3) is 0.571. The van der Waals surface area contributed by atoms with Crippen molar-refractivity contribution in [1.29, 1.82) is 0 Å². The molecule has 3 nitrogen and oxygen atoms in total. The minimum absolute atomic E-state index is 0.0959. The van der Waals surface area contributed by atoms with Crippen molar-refractivity contribution < 1.29 is 23.0 Å². The van der Waals surface area contributed by atoms with Crippen LogP contribution < -0.4 is 10.5 Å². The van der Waals surface area contributed by atoms with Crippen LogP contribution in [0.1, 0.15) is 37.9 Å².